The summed E-state index contributed by atoms with van der Waals surface area (Å²) in [5.74, 6) is 6.78. The maximum absolute atomic E-state index is 2.77. The van der Waals surface area contributed by atoms with Crippen molar-refractivity contribution in [1.82, 2.24) is 0 Å². The number of fused-ring (bicyclic) bond motifs is 5. The van der Waals surface area contributed by atoms with Crippen LogP contribution in [-0.4, -0.2) is 0 Å². The van der Waals surface area contributed by atoms with Crippen LogP contribution in [0.1, 0.15) is 119 Å². The standard InChI is InChI=1S/C29H50/c1-7-22-15-17-28(5)23(19-22)11-12-24-26-14-13-25(21(4)10-8-9-20(2)3)29(26,6)18-16-27(24)28/h11,20-22,24-27H,7-10,12-19H2,1-6H3/t21-,22+,24+,25?,26?,27?,28?,29?/m1/s1. The molecular formula is C29H50. The van der Waals surface area contributed by atoms with Gasteiger partial charge in [0.05, 0.1) is 0 Å². The summed E-state index contributed by atoms with van der Waals surface area (Å²) in [6.07, 6.45) is 20.4. The van der Waals surface area contributed by atoms with Gasteiger partial charge < -0.3 is 0 Å². The minimum atomic E-state index is 0.552. The predicted molar refractivity (Wildman–Crippen MR) is 127 cm³/mol. The highest BCUT2D eigenvalue weighted by Crippen LogP contribution is 2.67. The molecule has 5 unspecified atom stereocenters. The van der Waals surface area contributed by atoms with E-state index in [1.54, 1.807) is 0 Å². The van der Waals surface area contributed by atoms with Crippen LogP contribution in [0.4, 0.5) is 0 Å². The molecule has 0 saturated heterocycles. The molecule has 4 rings (SSSR count). The lowest BCUT2D eigenvalue weighted by Gasteiger charge is -2.58. The third-order valence-electron chi connectivity index (χ3n) is 11.0. The number of rotatable bonds is 6. The average Bonchev–Trinajstić information content (AvgIpc) is 3.04. The largest absolute Gasteiger partial charge is 0.0845 e. The van der Waals surface area contributed by atoms with Crippen LogP contribution in [0.5, 0.6) is 0 Å². The third kappa shape index (κ3) is 3.78. The molecule has 0 radical (unpaired) electrons. The van der Waals surface area contributed by atoms with Crippen molar-refractivity contribution in [3.8, 4) is 0 Å². The Labute approximate surface area is 182 Å². The van der Waals surface area contributed by atoms with E-state index in [1.165, 1.54) is 77.0 Å². The van der Waals surface area contributed by atoms with Crippen LogP contribution >= 0.6 is 0 Å². The molecule has 0 aromatic carbocycles. The first kappa shape index (κ1) is 22.0. The maximum atomic E-state index is 2.77. The fraction of sp³-hybridized carbons (Fsp3) is 0.931. The van der Waals surface area contributed by atoms with Gasteiger partial charge in [-0.3, -0.25) is 0 Å². The van der Waals surface area contributed by atoms with Crippen LogP contribution in [0.3, 0.4) is 0 Å². The van der Waals surface area contributed by atoms with Crippen molar-refractivity contribution in [3.05, 3.63) is 11.6 Å². The molecule has 0 bridgehead atoms. The monoisotopic (exact) mass is 398 g/mol. The van der Waals surface area contributed by atoms with Crippen molar-refractivity contribution < 1.29 is 0 Å². The van der Waals surface area contributed by atoms with E-state index in [9.17, 15) is 0 Å². The average molecular weight is 399 g/mol. The Morgan fingerprint density at radius 2 is 1.76 bits per heavy atom. The first-order valence-electron chi connectivity index (χ1n) is 13.5. The van der Waals surface area contributed by atoms with Gasteiger partial charge in [0.15, 0.2) is 0 Å². The molecule has 0 nitrogen and oxygen atoms in total. The van der Waals surface area contributed by atoms with E-state index in [-0.39, 0.29) is 0 Å². The predicted octanol–water partition coefficient (Wildman–Crippen LogP) is 9.05. The lowest BCUT2D eigenvalue weighted by atomic mass is 9.46. The SMILES string of the molecule is CC[C@H]1CCC2(C)C(=CC[C@@H]3C2CCC2(C)C3CCC2[C@H](C)CCCC(C)C)C1. The second-order valence-electron chi connectivity index (χ2n) is 12.8. The molecule has 0 heteroatoms. The van der Waals surface area contributed by atoms with Crippen molar-refractivity contribution in [2.75, 3.05) is 0 Å². The number of allylic oxidation sites excluding steroid dienone is 2. The molecule has 166 valence electrons. The van der Waals surface area contributed by atoms with E-state index < -0.39 is 0 Å². The van der Waals surface area contributed by atoms with Gasteiger partial charge in [0.25, 0.3) is 0 Å². The molecular weight excluding hydrogens is 348 g/mol. The quantitative estimate of drug-likeness (QED) is 0.391. The molecule has 0 amide bonds. The maximum Gasteiger partial charge on any atom is -0.00851 e. The third-order valence-corrected chi connectivity index (χ3v) is 11.0. The summed E-state index contributed by atoms with van der Waals surface area (Å²) in [6.45, 7) is 15.2. The van der Waals surface area contributed by atoms with Gasteiger partial charge in [-0.05, 0) is 104 Å². The zero-order valence-corrected chi connectivity index (χ0v) is 20.6. The van der Waals surface area contributed by atoms with E-state index in [2.05, 4.69) is 47.6 Å². The summed E-state index contributed by atoms with van der Waals surface area (Å²) in [4.78, 5) is 0. The Morgan fingerprint density at radius 3 is 2.48 bits per heavy atom. The van der Waals surface area contributed by atoms with E-state index >= 15 is 0 Å². The molecule has 29 heavy (non-hydrogen) atoms. The smallest absolute Gasteiger partial charge is 0.00851 e. The van der Waals surface area contributed by atoms with Crippen LogP contribution in [-0.2, 0) is 0 Å². The van der Waals surface area contributed by atoms with E-state index in [0.717, 1.165) is 41.4 Å². The van der Waals surface area contributed by atoms with Gasteiger partial charge in [0, 0.05) is 0 Å². The molecule has 4 aliphatic carbocycles. The van der Waals surface area contributed by atoms with Gasteiger partial charge in [0.1, 0.15) is 0 Å². The second kappa shape index (κ2) is 8.35. The Kier molecular flexibility index (Phi) is 6.32. The minimum Gasteiger partial charge on any atom is -0.0845 e. The van der Waals surface area contributed by atoms with Crippen LogP contribution < -0.4 is 0 Å². The lowest BCUT2D eigenvalue weighted by molar-refractivity contribution is -0.0528. The summed E-state index contributed by atoms with van der Waals surface area (Å²) < 4.78 is 0. The highest BCUT2D eigenvalue weighted by atomic mass is 14.6. The van der Waals surface area contributed by atoms with Crippen molar-refractivity contribution in [3.63, 3.8) is 0 Å². The molecule has 0 aromatic rings. The molecule has 3 fully saturated rings. The fourth-order valence-electron chi connectivity index (χ4n) is 9.11. The first-order valence-corrected chi connectivity index (χ1v) is 13.5. The molecule has 0 aliphatic heterocycles. The zero-order valence-electron chi connectivity index (χ0n) is 20.6. The van der Waals surface area contributed by atoms with Gasteiger partial charge in [0.2, 0.25) is 0 Å². The van der Waals surface area contributed by atoms with Crippen molar-refractivity contribution >= 4 is 0 Å². The Hall–Kier alpha value is -0.260. The van der Waals surface area contributed by atoms with Crippen molar-refractivity contribution in [2.24, 2.45) is 52.3 Å². The minimum absolute atomic E-state index is 0.552. The number of hydrogen-bond donors (Lipinski definition) is 0. The van der Waals surface area contributed by atoms with Gasteiger partial charge in [-0.15, -0.1) is 0 Å². The molecule has 0 aromatic heterocycles. The van der Waals surface area contributed by atoms with E-state index in [0.29, 0.717) is 10.8 Å². The molecule has 0 heterocycles. The van der Waals surface area contributed by atoms with Crippen LogP contribution in [0.15, 0.2) is 11.6 Å². The second-order valence-corrected chi connectivity index (χ2v) is 12.8. The number of hydrogen-bond acceptors (Lipinski definition) is 0. The van der Waals surface area contributed by atoms with Gasteiger partial charge in [-0.25, -0.2) is 0 Å². The fourth-order valence-corrected chi connectivity index (χ4v) is 9.11. The lowest BCUT2D eigenvalue weighted by Crippen LogP contribution is -2.50. The van der Waals surface area contributed by atoms with Gasteiger partial charge >= 0.3 is 0 Å². The molecule has 0 N–H and O–H groups in total. The topological polar surface area (TPSA) is 0 Å². The molecule has 4 aliphatic rings. The van der Waals surface area contributed by atoms with Gasteiger partial charge in [-0.2, -0.15) is 0 Å². The van der Waals surface area contributed by atoms with Crippen molar-refractivity contribution in [1.29, 1.82) is 0 Å². The van der Waals surface area contributed by atoms with Crippen LogP contribution in [0.25, 0.3) is 0 Å². The van der Waals surface area contributed by atoms with Gasteiger partial charge in [-0.1, -0.05) is 78.9 Å². The van der Waals surface area contributed by atoms with Crippen LogP contribution in [0, 0.1) is 52.3 Å². The first-order chi connectivity index (χ1) is 13.8. The summed E-state index contributed by atoms with van der Waals surface area (Å²) in [6, 6.07) is 0. The Balaban J connectivity index is 1.48. The summed E-state index contributed by atoms with van der Waals surface area (Å²) in [7, 11) is 0. The zero-order chi connectivity index (χ0) is 20.8. The summed E-state index contributed by atoms with van der Waals surface area (Å²) in [5, 5.41) is 0. The Bertz CT molecular complexity index is 599. The Morgan fingerprint density at radius 1 is 0.966 bits per heavy atom. The van der Waals surface area contributed by atoms with E-state index in [1.807, 2.05) is 5.57 Å². The van der Waals surface area contributed by atoms with E-state index in [4.69, 9.17) is 0 Å². The molecule has 8 atom stereocenters. The normalized spacial score (nSPS) is 45.3. The molecule has 3 saturated carbocycles. The van der Waals surface area contributed by atoms with Crippen LogP contribution in [0.2, 0.25) is 0 Å². The molecule has 0 spiro atoms. The van der Waals surface area contributed by atoms with Crippen molar-refractivity contribution in [2.45, 2.75) is 119 Å². The summed E-state index contributed by atoms with van der Waals surface area (Å²) >= 11 is 0. The summed E-state index contributed by atoms with van der Waals surface area (Å²) in [5.41, 5.74) is 3.08. The highest BCUT2D eigenvalue weighted by Gasteiger charge is 2.58. The highest BCUT2D eigenvalue weighted by molar-refractivity contribution is 5.25.